The third-order valence-corrected chi connectivity index (χ3v) is 6.92. The van der Waals surface area contributed by atoms with Crippen LogP contribution in [0.3, 0.4) is 0 Å². The number of nitrogens with zero attached hydrogens (tertiary/aromatic N) is 3. The number of aromatic nitrogens is 1. The number of likely N-dealkylation sites (N-methyl/N-ethyl adjacent to an activating group) is 2. The smallest absolute Gasteiger partial charge is 0.342 e. The molecule has 1 aliphatic rings. The van der Waals surface area contributed by atoms with E-state index in [4.69, 9.17) is 21.8 Å². The SMILES string of the molecule is CCN1C(=O)N(n2ccc3ccccc32)C(NC)(C(C)c2ccc(F)cc2)C1Cl.O=C(O)C=CC(=O)O. The van der Waals surface area contributed by atoms with Crippen molar-refractivity contribution >= 4 is 40.5 Å². The van der Waals surface area contributed by atoms with Crippen LogP contribution in [0.25, 0.3) is 10.9 Å². The minimum atomic E-state index is -1.26. The number of urea groups is 1. The Kier molecular flexibility index (Phi) is 8.57. The lowest BCUT2D eigenvalue weighted by atomic mass is 9.87. The fraction of sp³-hybridized carbons (Fsp3) is 0.269. The lowest BCUT2D eigenvalue weighted by Crippen LogP contribution is -2.66. The second kappa shape index (κ2) is 11.4. The van der Waals surface area contributed by atoms with Gasteiger partial charge >= 0.3 is 18.0 Å². The van der Waals surface area contributed by atoms with E-state index < -0.39 is 23.1 Å². The van der Waals surface area contributed by atoms with Crippen LogP contribution in [0, 0.1) is 5.82 Å². The molecule has 1 saturated heterocycles. The Labute approximate surface area is 218 Å². The molecule has 0 spiro atoms. The second-order valence-electron chi connectivity index (χ2n) is 8.29. The molecule has 3 atom stereocenters. The van der Waals surface area contributed by atoms with Crippen molar-refractivity contribution in [2.45, 2.75) is 30.9 Å². The Morgan fingerprint density at radius 1 is 1.11 bits per heavy atom. The number of rotatable bonds is 7. The van der Waals surface area contributed by atoms with Gasteiger partial charge in [-0.3, -0.25) is 9.99 Å². The number of hydrogen-bond acceptors (Lipinski definition) is 4. The van der Waals surface area contributed by atoms with E-state index in [0.29, 0.717) is 18.7 Å². The summed E-state index contributed by atoms with van der Waals surface area (Å²) >= 11 is 6.95. The number of carbonyl (C=O) groups is 3. The molecule has 3 aromatic rings. The lowest BCUT2D eigenvalue weighted by Gasteiger charge is -2.43. The zero-order valence-corrected chi connectivity index (χ0v) is 21.3. The predicted octanol–water partition coefficient (Wildman–Crippen LogP) is 4.17. The number of carbonyl (C=O) groups excluding carboxylic acids is 1. The third-order valence-electron chi connectivity index (χ3n) is 6.35. The second-order valence-corrected chi connectivity index (χ2v) is 8.71. The molecule has 37 heavy (non-hydrogen) atoms. The van der Waals surface area contributed by atoms with Crippen molar-refractivity contribution < 1.29 is 29.0 Å². The zero-order valence-electron chi connectivity index (χ0n) is 20.5. The van der Waals surface area contributed by atoms with Gasteiger partial charge in [-0.25, -0.2) is 23.8 Å². The largest absolute Gasteiger partial charge is 0.478 e. The van der Waals surface area contributed by atoms with Crippen molar-refractivity contribution in [2.24, 2.45) is 0 Å². The Balaban J connectivity index is 0.000000414. The number of para-hydroxylation sites is 1. The topological polar surface area (TPSA) is 115 Å². The molecule has 1 aliphatic heterocycles. The minimum absolute atomic E-state index is 0.183. The molecule has 0 saturated carbocycles. The molecule has 4 rings (SSSR count). The normalized spacial score (nSPS) is 20.2. The molecule has 2 aromatic carbocycles. The third kappa shape index (κ3) is 5.30. The molecule has 0 radical (unpaired) electrons. The van der Waals surface area contributed by atoms with Crippen molar-refractivity contribution in [3.05, 3.63) is 84.3 Å². The first-order chi connectivity index (χ1) is 17.6. The van der Waals surface area contributed by atoms with E-state index in [0.717, 1.165) is 16.5 Å². The van der Waals surface area contributed by atoms with Crippen molar-refractivity contribution in [3.8, 4) is 0 Å². The number of carboxylic acids is 2. The molecule has 0 bridgehead atoms. The number of carboxylic acid groups (broad SMARTS) is 2. The number of fused-ring (bicyclic) bond motifs is 1. The van der Waals surface area contributed by atoms with Gasteiger partial charge in [0.05, 0.1) is 5.52 Å². The average molecular weight is 531 g/mol. The summed E-state index contributed by atoms with van der Waals surface area (Å²) < 4.78 is 15.4. The summed E-state index contributed by atoms with van der Waals surface area (Å²) in [6.45, 7) is 4.39. The van der Waals surface area contributed by atoms with Gasteiger partial charge in [0.1, 0.15) is 11.3 Å². The molecule has 196 valence electrons. The quantitative estimate of drug-likeness (QED) is 0.240. The monoisotopic (exact) mass is 530 g/mol. The fourth-order valence-electron chi connectivity index (χ4n) is 4.50. The highest BCUT2D eigenvalue weighted by Crippen LogP contribution is 2.43. The van der Waals surface area contributed by atoms with Crippen LogP contribution in [0.1, 0.15) is 25.3 Å². The van der Waals surface area contributed by atoms with E-state index in [9.17, 15) is 18.8 Å². The predicted molar refractivity (Wildman–Crippen MR) is 139 cm³/mol. The molecular weight excluding hydrogens is 503 g/mol. The van der Waals surface area contributed by atoms with E-state index in [1.807, 2.05) is 55.1 Å². The van der Waals surface area contributed by atoms with Crippen LogP contribution >= 0.6 is 11.6 Å². The first-order valence-corrected chi connectivity index (χ1v) is 11.9. The zero-order chi connectivity index (χ0) is 27.3. The van der Waals surface area contributed by atoms with Gasteiger partial charge in [0, 0.05) is 36.2 Å². The van der Waals surface area contributed by atoms with E-state index >= 15 is 0 Å². The van der Waals surface area contributed by atoms with Crippen molar-refractivity contribution in [1.29, 1.82) is 0 Å². The lowest BCUT2D eigenvalue weighted by molar-refractivity contribution is -0.134. The minimum Gasteiger partial charge on any atom is -0.478 e. The first kappa shape index (κ1) is 27.7. The van der Waals surface area contributed by atoms with Gasteiger partial charge in [0.15, 0.2) is 5.66 Å². The number of halogens is 2. The van der Waals surface area contributed by atoms with Gasteiger partial charge in [-0.15, -0.1) is 0 Å². The Morgan fingerprint density at radius 2 is 1.70 bits per heavy atom. The molecule has 2 amide bonds. The Bertz CT molecular complexity index is 1300. The van der Waals surface area contributed by atoms with Crippen LogP contribution in [0.5, 0.6) is 0 Å². The van der Waals surface area contributed by atoms with E-state index in [-0.39, 0.29) is 17.8 Å². The summed E-state index contributed by atoms with van der Waals surface area (Å²) in [6.07, 6.45) is 3.00. The highest BCUT2D eigenvalue weighted by molar-refractivity contribution is 6.24. The number of hydrogen-bond donors (Lipinski definition) is 3. The number of amides is 2. The molecule has 1 fully saturated rings. The van der Waals surface area contributed by atoms with Crippen LogP contribution in [0.4, 0.5) is 9.18 Å². The number of alkyl halides is 1. The van der Waals surface area contributed by atoms with Gasteiger partial charge in [-0.1, -0.05) is 48.9 Å². The van der Waals surface area contributed by atoms with Crippen molar-refractivity contribution in [2.75, 3.05) is 18.6 Å². The highest BCUT2D eigenvalue weighted by Gasteiger charge is 2.60. The van der Waals surface area contributed by atoms with Gasteiger partial charge in [-0.2, -0.15) is 0 Å². The fourth-order valence-corrected chi connectivity index (χ4v) is 5.12. The van der Waals surface area contributed by atoms with Gasteiger partial charge < -0.3 is 15.1 Å². The van der Waals surface area contributed by atoms with Gasteiger partial charge in [0.2, 0.25) is 0 Å². The molecule has 0 aliphatic carbocycles. The van der Waals surface area contributed by atoms with Crippen LogP contribution in [0.15, 0.2) is 72.9 Å². The molecule has 3 N–H and O–H groups in total. The van der Waals surface area contributed by atoms with Gasteiger partial charge in [0.25, 0.3) is 0 Å². The van der Waals surface area contributed by atoms with Crippen LogP contribution in [0.2, 0.25) is 0 Å². The van der Waals surface area contributed by atoms with Crippen LogP contribution in [-0.2, 0) is 9.59 Å². The molecule has 2 heterocycles. The molecule has 9 nitrogen and oxygen atoms in total. The van der Waals surface area contributed by atoms with Crippen LogP contribution < -0.4 is 10.3 Å². The Morgan fingerprint density at radius 3 is 2.24 bits per heavy atom. The number of aliphatic carboxylic acids is 2. The summed E-state index contributed by atoms with van der Waals surface area (Å²) in [5.74, 6) is -3.04. The first-order valence-electron chi connectivity index (χ1n) is 11.5. The maximum atomic E-state index is 13.5. The van der Waals surface area contributed by atoms with E-state index in [1.54, 1.807) is 29.1 Å². The average Bonchev–Trinajstić information content (AvgIpc) is 3.39. The van der Waals surface area contributed by atoms with E-state index in [2.05, 4.69) is 5.32 Å². The van der Waals surface area contributed by atoms with Gasteiger partial charge in [-0.05, 0) is 43.8 Å². The summed E-state index contributed by atoms with van der Waals surface area (Å²) in [5.41, 5.74) is 0.215. The molecule has 3 unspecified atom stereocenters. The highest BCUT2D eigenvalue weighted by atomic mass is 35.5. The van der Waals surface area contributed by atoms with Crippen molar-refractivity contribution in [3.63, 3.8) is 0 Å². The maximum absolute atomic E-state index is 13.5. The summed E-state index contributed by atoms with van der Waals surface area (Å²) in [5, 5.41) is 21.7. The van der Waals surface area contributed by atoms with E-state index in [1.165, 1.54) is 12.1 Å². The molecule has 1 aromatic heterocycles. The number of benzene rings is 2. The summed E-state index contributed by atoms with van der Waals surface area (Å²) in [4.78, 5) is 34.3. The number of nitrogens with one attached hydrogen (secondary N) is 1. The van der Waals surface area contributed by atoms with Crippen molar-refractivity contribution in [1.82, 2.24) is 14.9 Å². The Hall–Kier alpha value is -3.89. The standard InChI is InChI=1S/C22H24ClFN4O.C4H4O4/c1-4-26-20(23)22(25-3,15(2)16-9-11-18(24)12-10-16)28(21(26)29)27-14-13-17-7-5-6-8-19(17)27;5-3(6)1-2-4(7)8/h5-15,20,25H,4H2,1-3H3;1-2H,(H,5,6)(H,7,8). The summed E-state index contributed by atoms with van der Waals surface area (Å²) in [6, 6.07) is 16.0. The molecular formula is C26H28ClFN4O5. The maximum Gasteiger partial charge on any atom is 0.342 e. The van der Waals surface area contributed by atoms with Crippen LogP contribution in [-0.4, -0.2) is 62.5 Å². The summed E-state index contributed by atoms with van der Waals surface area (Å²) in [7, 11) is 1.81. The molecule has 11 heteroatoms.